The molecule has 1 aliphatic heterocycles. The minimum Gasteiger partial charge on any atom is -0.377 e. The molecular weight excluding hydrogens is 352 g/mol. The van der Waals surface area contributed by atoms with E-state index in [1.807, 2.05) is 68.4 Å². The van der Waals surface area contributed by atoms with Crippen LogP contribution in [0.25, 0.3) is 0 Å². The molecular formula is C23H28N2O3. The van der Waals surface area contributed by atoms with Gasteiger partial charge in [0.1, 0.15) is 0 Å². The maximum atomic E-state index is 13.4. The lowest BCUT2D eigenvalue weighted by Gasteiger charge is -2.28. The number of nitrogens with one attached hydrogen (secondary N) is 1. The molecule has 2 amide bonds. The van der Waals surface area contributed by atoms with Gasteiger partial charge in [0.2, 0.25) is 11.8 Å². The molecule has 1 N–H and O–H groups in total. The van der Waals surface area contributed by atoms with Gasteiger partial charge in [-0.25, -0.2) is 0 Å². The Morgan fingerprint density at radius 3 is 2.50 bits per heavy atom. The summed E-state index contributed by atoms with van der Waals surface area (Å²) in [5, 5.41) is 2.91. The van der Waals surface area contributed by atoms with Crippen LogP contribution >= 0.6 is 0 Å². The van der Waals surface area contributed by atoms with Crippen LogP contribution in [0.5, 0.6) is 0 Å². The van der Waals surface area contributed by atoms with Crippen LogP contribution in [0.1, 0.15) is 31.4 Å². The second kappa shape index (κ2) is 8.57. The van der Waals surface area contributed by atoms with E-state index in [1.54, 1.807) is 11.9 Å². The van der Waals surface area contributed by atoms with Gasteiger partial charge in [-0.3, -0.25) is 9.59 Å². The predicted octanol–water partition coefficient (Wildman–Crippen LogP) is 3.07. The van der Waals surface area contributed by atoms with E-state index in [9.17, 15) is 9.59 Å². The molecule has 2 aromatic carbocycles. The van der Waals surface area contributed by atoms with Crippen molar-refractivity contribution < 1.29 is 14.3 Å². The first kappa shape index (κ1) is 20.1. The zero-order valence-corrected chi connectivity index (χ0v) is 16.8. The lowest BCUT2D eigenvalue weighted by Crippen LogP contribution is -2.44. The molecule has 5 nitrogen and oxygen atoms in total. The van der Waals surface area contributed by atoms with Crippen LogP contribution in [0.15, 0.2) is 54.6 Å². The Kier molecular flexibility index (Phi) is 6.15. The summed E-state index contributed by atoms with van der Waals surface area (Å²) in [6.07, 6.45) is 0.728. The van der Waals surface area contributed by atoms with Crippen LogP contribution in [0, 0.1) is 0 Å². The van der Waals surface area contributed by atoms with Crippen molar-refractivity contribution in [3.63, 3.8) is 0 Å². The Bertz CT molecular complexity index is 835. The molecule has 0 unspecified atom stereocenters. The number of nitrogens with zero attached hydrogens (tertiary/aromatic N) is 1. The van der Waals surface area contributed by atoms with Gasteiger partial charge in [0, 0.05) is 25.7 Å². The molecule has 28 heavy (non-hydrogen) atoms. The molecule has 0 radical (unpaired) electrons. The summed E-state index contributed by atoms with van der Waals surface area (Å²) >= 11 is 0. The van der Waals surface area contributed by atoms with Gasteiger partial charge in [0.15, 0.2) is 0 Å². The third-order valence-electron chi connectivity index (χ3n) is 5.18. The highest BCUT2D eigenvalue weighted by Crippen LogP contribution is 2.45. The van der Waals surface area contributed by atoms with E-state index in [2.05, 4.69) is 5.32 Å². The lowest BCUT2D eigenvalue weighted by molar-refractivity contribution is -0.129. The van der Waals surface area contributed by atoms with Gasteiger partial charge in [-0.05, 0) is 37.5 Å². The molecule has 0 bridgehead atoms. The maximum Gasteiger partial charge on any atom is 0.238 e. The minimum atomic E-state index is -0.893. The topological polar surface area (TPSA) is 58.6 Å². The number of carbonyl (C=O) groups is 2. The first-order chi connectivity index (χ1) is 13.4. The normalized spacial score (nSPS) is 18.4. The third-order valence-corrected chi connectivity index (χ3v) is 5.18. The van der Waals surface area contributed by atoms with Gasteiger partial charge in [-0.2, -0.15) is 0 Å². The summed E-state index contributed by atoms with van der Waals surface area (Å²) in [6.45, 7) is 4.81. The van der Waals surface area contributed by atoms with Crippen molar-refractivity contribution in [2.24, 2.45) is 0 Å². The predicted molar refractivity (Wildman–Crippen MR) is 110 cm³/mol. The Balaban J connectivity index is 1.86. The number of amides is 2. The van der Waals surface area contributed by atoms with Gasteiger partial charge in [-0.15, -0.1) is 0 Å². The molecule has 1 heterocycles. The fourth-order valence-corrected chi connectivity index (χ4v) is 3.89. The number of para-hydroxylation sites is 1. The fourth-order valence-electron chi connectivity index (χ4n) is 3.89. The minimum absolute atomic E-state index is 0.0360. The largest absolute Gasteiger partial charge is 0.377 e. The maximum absolute atomic E-state index is 13.4. The number of hydrogen-bond donors (Lipinski definition) is 1. The smallest absolute Gasteiger partial charge is 0.238 e. The van der Waals surface area contributed by atoms with Gasteiger partial charge in [0.25, 0.3) is 0 Å². The number of rotatable bonds is 8. The second-order valence-electron chi connectivity index (χ2n) is 7.57. The molecule has 0 saturated heterocycles. The molecule has 1 atom stereocenters. The standard InChI is InChI=1S/C23H28N2O3/c1-17(2)28-14-13-24-21(26)16-23(15-18-9-5-4-6-10-18)19-11-7-8-12-20(19)25(3)22(23)27/h4-12,17H,13-16H2,1-3H3,(H,24,26)/t23-/m0/s1. The Labute approximate surface area is 166 Å². The molecule has 0 fully saturated rings. The average molecular weight is 380 g/mol. The first-order valence-electron chi connectivity index (χ1n) is 9.74. The molecule has 3 rings (SSSR count). The van der Waals surface area contributed by atoms with E-state index >= 15 is 0 Å². The number of benzene rings is 2. The van der Waals surface area contributed by atoms with Crippen LogP contribution in [0.4, 0.5) is 5.69 Å². The van der Waals surface area contributed by atoms with Crippen molar-refractivity contribution in [2.75, 3.05) is 25.1 Å². The molecule has 2 aromatic rings. The van der Waals surface area contributed by atoms with Crippen molar-refractivity contribution in [1.29, 1.82) is 0 Å². The summed E-state index contributed by atoms with van der Waals surface area (Å²) in [4.78, 5) is 27.8. The van der Waals surface area contributed by atoms with Crippen molar-refractivity contribution in [3.8, 4) is 0 Å². The second-order valence-corrected chi connectivity index (χ2v) is 7.57. The summed E-state index contributed by atoms with van der Waals surface area (Å²) < 4.78 is 5.49. The van der Waals surface area contributed by atoms with Gasteiger partial charge in [-0.1, -0.05) is 48.5 Å². The molecule has 0 aromatic heterocycles. The number of carbonyl (C=O) groups excluding carboxylic acids is 2. The van der Waals surface area contributed by atoms with Crippen molar-refractivity contribution >= 4 is 17.5 Å². The first-order valence-corrected chi connectivity index (χ1v) is 9.74. The van der Waals surface area contributed by atoms with Gasteiger partial charge < -0.3 is 15.0 Å². The van der Waals surface area contributed by atoms with Crippen molar-refractivity contribution in [1.82, 2.24) is 5.32 Å². The summed E-state index contributed by atoms with van der Waals surface area (Å²) in [6, 6.07) is 17.6. The summed E-state index contributed by atoms with van der Waals surface area (Å²) in [5.41, 5.74) is 1.94. The van der Waals surface area contributed by atoms with E-state index in [4.69, 9.17) is 4.74 Å². The lowest BCUT2D eigenvalue weighted by atomic mass is 9.73. The summed E-state index contributed by atoms with van der Waals surface area (Å²) in [7, 11) is 1.78. The highest BCUT2D eigenvalue weighted by Gasteiger charge is 2.50. The monoisotopic (exact) mass is 380 g/mol. The summed E-state index contributed by atoms with van der Waals surface area (Å²) in [5.74, 6) is -0.173. The number of fused-ring (bicyclic) bond motifs is 1. The molecule has 5 heteroatoms. The number of hydrogen-bond acceptors (Lipinski definition) is 3. The van der Waals surface area contributed by atoms with Crippen molar-refractivity contribution in [3.05, 3.63) is 65.7 Å². The zero-order chi connectivity index (χ0) is 20.1. The Hall–Kier alpha value is -2.66. The molecule has 1 aliphatic rings. The quantitative estimate of drug-likeness (QED) is 0.716. The molecule has 0 spiro atoms. The van der Waals surface area contributed by atoms with Crippen LogP contribution in [0.3, 0.4) is 0 Å². The van der Waals surface area contributed by atoms with E-state index in [0.29, 0.717) is 19.6 Å². The number of likely N-dealkylation sites (N-methyl/N-ethyl adjacent to an activating group) is 1. The molecule has 0 saturated carbocycles. The van der Waals surface area contributed by atoms with E-state index in [0.717, 1.165) is 16.8 Å². The van der Waals surface area contributed by atoms with Crippen LogP contribution in [0.2, 0.25) is 0 Å². The van der Waals surface area contributed by atoms with Crippen LogP contribution in [-0.2, 0) is 26.2 Å². The average Bonchev–Trinajstić information content (AvgIpc) is 2.88. The SMILES string of the molecule is CC(C)OCCNC(=O)C[C@]1(Cc2ccccc2)C(=O)N(C)c2ccccc21. The zero-order valence-electron chi connectivity index (χ0n) is 16.8. The highest BCUT2D eigenvalue weighted by molar-refractivity contribution is 6.09. The Morgan fingerprint density at radius 2 is 1.79 bits per heavy atom. The van der Waals surface area contributed by atoms with Gasteiger partial charge in [0.05, 0.1) is 18.1 Å². The third kappa shape index (κ3) is 4.09. The highest BCUT2D eigenvalue weighted by atomic mass is 16.5. The molecule has 148 valence electrons. The van der Waals surface area contributed by atoms with Gasteiger partial charge >= 0.3 is 0 Å². The van der Waals surface area contributed by atoms with Crippen molar-refractivity contribution in [2.45, 2.75) is 38.2 Å². The van der Waals surface area contributed by atoms with Crippen LogP contribution < -0.4 is 10.2 Å². The van der Waals surface area contributed by atoms with E-state index < -0.39 is 5.41 Å². The van der Waals surface area contributed by atoms with E-state index in [-0.39, 0.29) is 24.3 Å². The van der Waals surface area contributed by atoms with E-state index in [1.165, 1.54) is 0 Å². The molecule has 0 aliphatic carbocycles. The van der Waals surface area contributed by atoms with Crippen LogP contribution in [-0.4, -0.2) is 38.1 Å². The number of anilines is 1. The number of ether oxygens (including phenoxy) is 1. The Morgan fingerprint density at radius 1 is 1.11 bits per heavy atom. The fraction of sp³-hybridized carbons (Fsp3) is 0.391.